The SMILES string of the molecule is CCN(CCCCl)c1nccn2nccc12. The lowest BCUT2D eigenvalue weighted by Gasteiger charge is -2.21. The van der Waals surface area contributed by atoms with Crippen molar-refractivity contribution in [1.82, 2.24) is 14.6 Å². The van der Waals surface area contributed by atoms with Crippen LogP contribution in [0, 0.1) is 0 Å². The van der Waals surface area contributed by atoms with E-state index in [9.17, 15) is 0 Å². The summed E-state index contributed by atoms with van der Waals surface area (Å²) >= 11 is 5.72. The summed E-state index contributed by atoms with van der Waals surface area (Å²) in [4.78, 5) is 6.65. The summed E-state index contributed by atoms with van der Waals surface area (Å²) in [5.41, 5.74) is 1.04. The summed E-state index contributed by atoms with van der Waals surface area (Å²) in [7, 11) is 0. The number of halogens is 1. The molecule has 86 valence electrons. The number of anilines is 1. The van der Waals surface area contributed by atoms with E-state index >= 15 is 0 Å². The Balaban J connectivity index is 2.32. The molecular formula is C11H15ClN4. The Morgan fingerprint density at radius 3 is 3.06 bits per heavy atom. The first kappa shape index (κ1) is 11.2. The Kier molecular flexibility index (Phi) is 3.62. The second-order valence-electron chi connectivity index (χ2n) is 3.53. The molecule has 0 radical (unpaired) electrons. The quantitative estimate of drug-likeness (QED) is 0.749. The van der Waals surface area contributed by atoms with Crippen LogP contribution in [-0.4, -0.2) is 33.6 Å². The minimum absolute atomic E-state index is 0.679. The predicted octanol–water partition coefficient (Wildman–Crippen LogP) is 2.18. The highest BCUT2D eigenvalue weighted by Gasteiger charge is 2.09. The molecule has 2 heterocycles. The molecule has 0 unspecified atom stereocenters. The van der Waals surface area contributed by atoms with Gasteiger partial charge in [-0.05, 0) is 19.4 Å². The van der Waals surface area contributed by atoms with Crippen LogP contribution in [-0.2, 0) is 0 Å². The van der Waals surface area contributed by atoms with Gasteiger partial charge in [-0.2, -0.15) is 5.10 Å². The summed E-state index contributed by atoms with van der Waals surface area (Å²) < 4.78 is 1.84. The number of aromatic nitrogens is 3. The lowest BCUT2D eigenvalue weighted by Crippen LogP contribution is -2.25. The Labute approximate surface area is 99.8 Å². The third-order valence-electron chi connectivity index (χ3n) is 2.55. The standard InChI is InChI=1S/C11H15ClN4/c1-2-15(8-3-5-12)11-10-4-6-14-16(10)9-7-13-11/h4,6-7,9H,2-3,5,8H2,1H3. The number of hydrogen-bond donors (Lipinski definition) is 0. The molecule has 0 amide bonds. The maximum absolute atomic E-state index is 5.72. The summed E-state index contributed by atoms with van der Waals surface area (Å²) in [6.45, 7) is 3.97. The van der Waals surface area contributed by atoms with E-state index in [-0.39, 0.29) is 0 Å². The van der Waals surface area contributed by atoms with Gasteiger partial charge in [0.25, 0.3) is 0 Å². The molecule has 2 aromatic rings. The van der Waals surface area contributed by atoms with Gasteiger partial charge in [-0.15, -0.1) is 11.6 Å². The van der Waals surface area contributed by atoms with E-state index in [1.54, 1.807) is 12.4 Å². The van der Waals surface area contributed by atoms with E-state index in [1.807, 2.05) is 16.8 Å². The number of rotatable bonds is 5. The number of nitrogens with zero attached hydrogens (tertiary/aromatic N) is 4. The molecule has 0 aliphatic rings. The molecule has 16 heavy (non-hydrogen) atoms. The number of fused-ring (bicyclic) bond motifs is 1. The zero-order valence-corrected chi connectivity index (χ0v) is 10.1. The van der Waals surface area contributed by atoms with Crippen molar-refractivity contribution in [2.75, 3.05) is 23.9 Å². The molecule has 0 spiro atoms. The smallest absolute Gasteiger partial charge is 0.154 e. The van der Waals surface area contributed by atoms with Gasteiger partial charge in [-0.25, -0.2) is 9.50 Å². The van der Waals surface area contributed by atoms with E-state index in [1.165, 1.54) is 0 Å². The van der Waals surface area contributed by atoms with Gasteiger partial charge < -0.3 is 4.90 Å². The molecule has 0 saturated heterocycles. The Morgan fingerprint density at radius 1 is 1.44 bits per heavy atom. The van der Waals surface area contributed by atoms with Crippen molar-refractivity contribution in [3.8, 4) is 0 Å². The van der Waals surface area contributed by atoms with Crippen LogP contribution < -0.4 is 4.90 Å². The second kappa shape index (κ2) is 5.16. The normalized spacial score (nSPS) is 10.9. The van der Waals surface area contributed by atoms with Crippen LogP contribution in [0.3, 0.4) is 0 Å². The molecule has 0 N–H and O–H groups in total. The molecule has 0 aromatic carbocycles. The first-order valence-electron chi connectivity index (χ1n) is 5.46. The summed E-state index contributed by atoms with van der Waals surface area (Å²) in [6.07, 6.45) is 6.38. The minimum Gasteiger partial charge on any atom is -0.355 e. The Bertz CT molecular complexity index is 454. The fraction of sp³-hybridized carbons (Fsp3) is 0.455. The first-order valence-corrected chi connectivity index (χ1v) is 5.99. The maximum Gasteiger partial charge on any atom is 0.154 e. The van der Waals surface area contributed by atoms with Crippen molar-refractivity contribution in [3.63, 3.8) is 0 Å². The fourth-order valence-corrected chi connectivity index (χ4v) is 1.87. The highest BCUT2D eigenvalue weighted by Crippen LogP contribution is 2.17. The van der Waals surface area contributed by atoms with E-state index < -0.39 is 0 Å². The van der Waals surface area contributed by atoms with Gasteiger partial charge in [0.1, 0.15) is 5.52 Å². The van der Waals surface area contributed by atoms with Crippen LogP contribution in [0.1, 0.15) is 13.3 Å². The average molecular weight is 239 g/mol. The van der Waals surface area contributed by atoms with Gasteiger partial charge in [-0.1, -0.05) is 0 Å². The van der Waals surface area contributed by atoms with Crippen molar-refractivity contribution in [1.29, 1.82) is 0 Å². The molecule has 0 atom stereocenters. The molecule has 0 fully saturated rings. The molecule has 0 bridgehead atoms. The highest BCUT2D eigenvalue weighted by atomic mass is 35.5. The Hall–Kier alpha value is -1.29. The highest BCUT2D eigenvalue weighted by molar-refractivity contribution is 6.17. The molecule has 4 nitrogen and oxygen atoms in total. The predicted molar refractivity (Wildman–Crippen MR) is 66.2 cm³/mol. The van der Waals surface area contributed by atoms with Crippen LogP contribution in [0.15, 0.2) is 24.7 Å². The van der Waals surface area contributed by atoms with Crippen molar-refractivity contribution in [3.05, 3.63) is 24.7 Å². The fourth-order valence-electron chi connectivity index (χ4n) is 1.75. The van der Waals surface area contributed by atoms with Crippen molar-refractivity contribution in [2.24, 2.45) is 0 Å². The maximum atomic E-state index is 5.72. The third kappa shape index (κ3) is 2.11. The number of hydrogen-bond acceptors (Lipinski definition) is 3. The van der Waals surface area contributed by atoms with Crippen LogP contribution >= 0.6 is 11.6 Å². The van der Waals surface area contributed by atoms with Gasteiger partial charge in [0.05, 0.1) is 6.20 Å². The summed E-state index contributed by atoms with van der Waals surface area (Å²) in [6, 6.07) is 1.98. The van der Waals surface area contributed by atoms with Gasteiger partial charge >= 0.3 is 0 Å². The van der Waals surface area contributed by atoms with Crippen LogP contribution in [0.25, 0.3) is 5.52 Å². The molecule has 5 heteroatoms. The van der Waals surface area contributed by atoms with Gasteiger partial charge in [0, 0.05) is 31.4 Å². The second-order valence-corrected chi connectivity index (χ2v) is 3.91. The molecule has 2 aromatic heterocycles. The van der Waals surface area contributed by atoms with Gasteiger partial charge in [-0.3, -0.25) is 0 Å². The van der Waals surface area contributed by atoms with Gasteiger partial charge in [0.2, 0.25) is 0 Å². The van der Waals surface area contributed by atoms with Crippen LogP contribution in [0.5, 0.6) is 0 Å². The van der Waals surface area contributed by atoms with Crippen LogP contribution in [0.2, 0.25) is 0 Å². The van der Waals surface area contributed by atoms with Crippen molar-refractivity contribution in [2.45, 2.75) is 13.3 Å². The minimum atomic E-state index is 0.679. The van der Waals surface area contributed by atoms with Gasteiger partial charge in [0.15, 0.2) is 5.82 Å². The topological polar surface area (TPSA) is 33.4 Å². The van der Waals surface area contributed by atoms with Crippen LogP contribution in [0.4, 0.5) is 5.82 Å². The largest absolute Gasteiger partial charge is 0.355 e. The van der Waals surface area contributed by atoms with Crippen molar-refractivity contribution >= 4 is 22.9 Å². The molecule has 0 aliphatic carbocycles. The summed E-state index contributed by atoms with van der Waals surface area (Å²) in [5.74, 6) is 1.66. The van der Waals surface area contributed by atoms with E-state index in [4.69, 9.17) is 11.6 Å². The van der Waals surface area contributed by atoms with E-state index in [2.05, 4.69) is 21.9 Å². The Morgan fingerprint density at radius 2 is 2.31 bits per heavy atom. The lowest BCUT2D eigenvalue weighted by molar-refractivity contribution is 0.778. The number of alkyl halides is 1. The zero-order valence-electron chi connectivity index (χ0n) is 9.30. The first-order chi connectivity index (χ1) is 7.86. The zero-order chi connectivity index (χ0) is 11.4. The third-order valence-corrected chi connectivity index (χ3v) is 2.81. The summed E-state index contributed by atoms with van der Waals surface area (Å²) in [5, 5.41) is 4.20. The molecule has 0 saturated carbocycles. The molecule has 0 aliphatic heterocycles. The monoisotopic (exact) mass is 238 g/mol. The van der Waals surface area contributed by atoms with E-state index in [0.29, 0.717) is 5.88 Å². The average Bonchev–Trinajstić information content (AvgIpc) is 2.78. The van der Waals surface area contributed by atoms with Crippen molar-refractivity contribution < 1.29 is 0 Å². The molecular weight excluding hydrogens is 224 g/mol. The lowest BCUT2D eigenvalue weighted by atomic mass is 10.3. The van der Waals surface area contributed by atoms with E-state index in [0.717, 1.165) is 30.8 Å². The molecule has 2 rings (SSSR count).